The Morgan fingerprint density at radius 3 is 2.94 bits per heavy atom. The number of hydrogen-bond donors (Lipinski definition) is 2. The van der Waals surface area contributed by atoms with Gasteiger partial charge >= 0.3 is 5.82 Å². The number of aromatic nitrogens is 2. The smallest absolute Gasteiger partial charge is 0.358 e. The van der Waals surface area contributed by atoms with E-state index in [0.29, 0.717) is 0 Å². The maximum atomic E-state index is 11.1. The summed E-state index contributed by atoms with van der Waals surface area (Å²) in [4.78, 5) is 21.0. The number of amides is 1. The molecule has 0 saturated carbocycles. The van der Waals surface area contributed by atoms with Crippen LogP contribution in [0.25, 0.3) is 0 Å². The fourth-order valence-corrected chi connectivity index (χ4v) is 1.57. The first-order valence-electron chi connectivity index (χ1n) is 4.33. The molecule has 0 aliphatic rings. The number of nitrogens with zero attached hydrogens (tertiary/aromatic N) is 3. The zero-order valence-electron chi connectivity index (χ0n) is 8.38. The third kappa shape index (κ3) is 2.76. The van der Waals surface area contributed by atoms with Crippen LogP contribution < -0.4 is 11.3 Å². The van der Waals surface area contributed by atoms with Crippen molar-refractivity contribution in [3.8, 4) is 0 Å². The second-order valence-electron chi connectivity index (χ2n) is 3.19. The molecule has 0 fully saturated rings. The molecule has 88 valence electrons. The van der Waals surface area contributed by atoms with E-state index in [-0.39, 0.29) is 22.7 Å². The molecule has 0 radical (unpaired) electrons. The molecule has 0 bridgehead atoms. The van der Waals surface area contributed by atoms with E-state index in [1.807, 2.05) is 5.43 Å². The highest BCUT2D eigenvalue weighted by Gasteiger charge is 2.21. The van der Waals surface area contributed by atoms with E-state index in [2.05, 4.69) is 21.0 Å². The first-order chi connectivity index (χ1) is 7.45. The Morgan fingerprint density at radius 2 is 2.50 bits per heavy atom. The number of hydrazine groups is 1. The van der Waals surface area contributed by atoms with Crippen molar-refractivity contribution in [2.45, 2.75) is 13.5 Å². The summed E-state index contributed by atoms with van der Waals surface area (Å²) >= 11 is 3.01. The molecule has 9 heteroatoms. The second kappa shape index (κ2) is 5.03. The SMILES string of the molecule is CC(Cn1cc(Br)c([N+](=O)[O-])n1)C(=O)NN. The molecule has 8 nitrogen and oxygen atoms in total. The minimum absolute atomic E-state index is 0.218. The molecule has 1 aromatic rings. The number of nitrogens with one attached hydrogen (secondary N) is 1. The van der Waals surface area contributed by atoms with Gasteiger partial charge in [0, 0.05) is 0 Å². The van der Waals surface area contributed by atoms with Gasteiger partial charge in [-0.2, -0.15) is 4.68 Å². The molecule has 3 N–H and O–H groups in total. The van der Waals surface area contributed by atoms with Crippen molar-refractivity contribution in [2.75, 3.05) is 0 Å². The predicted molar refractivity (Wildman–Crippen MR) is 58.1 cm³/mol. The molecular weight excluding hydrogens is 282 g/mol. The Hall–Kier alpha value is -1.48. The lowest BCUT2D eigenvalue weighted by atomic mass is 10.2. The van der Waals surface area contributed by atoms with Crippen LogP contribution in [0.2, 0.25) is 0 Å². The number of nitro groups is 1. The summed E-state index contributed by atoms with van der Waals surface area (Å²) in [6.07, 6.45) is 1.44. The van der Waals surface area contributed by atoms with Crippen LogP contribution in [0, 0.1) is 16.0 Å². The van der Waals surface area contributed by atoms with Crippen LogP contribution in [-0.4, -0.2) is 20.6 Å². The fourth-order valence-electron chi connectivity index (χ4n) is 1.11. The number of halogens is 1. The van der Waals surface area contributed by atoms with Crippen LogP contribution in [0.4, 0.5) is 5.82 Å². The van der Waals surface area contributed by atoms with Crippen molar-refractivity contribution < 1.29 is 9.72 Å². The van der Waals surface area contributed by atoms with Crippen LogP contribution >= 0.6 is 15.9 Å². The molecule has 1 amide bonds. The summed E-state index contributed by atoms with van der Waals surface area (Å²) in [6, 6.07) is 0. The molecule has 0 aliphatic heterocycles. The summed E-state index contributed by atoms with van der Waals surface area (Å²) in [7, 11) is 0. The lowest BCUT2D eigenvalue weighted by molar-refractivity contribution is -0.390. The maximum Gasteiger partial charge on any atom is 0.404 e. The molecule has 0 saturated heterocycles. The van der Waals surface area contributed by atoms with E-state index < -0.39 is 10.8 Å². The van der Waals surface area contributed by atoms with Crippen molar-refractivity contribution in [1.82, 2.24) is 15.2 Å². The lowest BCUT2D eigenvalue weighted by Gasteiger charge is -2.06. The minimum atomic E-state index is -0.603. The third-order valence-electron chi connectivity index (χ3n) is 1.92. The van der Waals surface area contributed by atoms with Crippen LogP contribution in [-0.2, 0) is 11.3 Å². The van der Waals surface area contributed by atoms with Gasteiger partial charge in [-0.25, -0.2) is 5.84 Å². The normalized spacial score (nSPS) is 12.2. The first kappa shape index (κ1) is 12.6. The van der Waals surface area contributed by atoms with Crippen LogP contribution in [0.5, 0.6) is 0 Å². The van der Waals surface area contributed by atoms with E-state index in [0.717, 1.165) is 0 Å². The Labute approximate surface area is 99.0 Å². The third-order valence-corrected chi connectivity index (χ3v) is 2.48. The zero-order valence-corrected chi connectivity index (χ0v) is 9.97. The summed E-state index contributed by atoms with van der Waals surface area (Å²) < 4.78 is 1.60. The van der Waals surface area contributed by atoms with Gasteiger partial charge in [-0.05, 0) is 20.9 Å². The molecule has 1 aromatic heterocycles. The van der Waals surface area contributed by atoms with Crippen LogP contribution in [0.15, 0.2) is 10.7 Å². The number of carbonyl (C=O) groups excluding carboxylic acids is 1. The highest BCUT2D eigenvalue weighted by Crippen LogP contribution is 2.22. The van der Waals surface area contributed by atoms with Crippen molar-refractivity contribution in [1.29, 1.82) is 0 Å². The van der Waals surface area contributed by atoms with Crippen molar-refractivity contribution >= 4 is 27.7 Å². The van der Waals surface area contributed by atoms with Gasteiger partial charge in [0.1, 0.15) is 4.47 Å². The molecule has 1 heterocycles. The molecule has 0 spiro atoms. The van der Waals surface area contributed by atoms with Crippen molar-refractivity contribution in [3.05, 3.63) is 20.8 Å². The summed E-state index contributed by atoms with van der Waals surface area (Å²) in [5, 5.41) is 14.2. The van der Waals surface area contributed by atoms with Gasteiger partial charge in [-0.3, -0.25) is 10.2 Å². The largest absolute Gasteiger partial charge is 0.404 e. The second-order valence-corrected chi connectivity index (χ2v) is 4.04. The molecule has 0 aliphatic carbocycles. The molecule has 1 atom stereocenters. The lowest BCUT2D eigenvalue weighted by Crippen LogP contribution is -2.36. The van der Waals surface area contributed by atoms with Crippen molar-refractivity contribution in [3.63, 3.8) is 0 Å². The maximum absolute atomic E-state index is 11.1. The standard InChI is InChI=1S/C7H10BrN5O3/c1-4(7(14)10-9)2-12-3-5(8)6(11-12)13(15)16/h3-4H,2,9H2,1H3,(H,10,14). The Kier molecular flexibility index (Phi) is 3.96. The van der Waals surface area contributed by atoms with E-state index in [1.54, 1.807) is 6.92 Å². The van der Waals surface area contributed by atoms with E-state index in [9.17, 15) is 14.9 Å². The quantitative estimate of drug-likeness (QED) is 0.355. The van der Waals surface area contributed by atoms with Gasteiger partial charge in [0.05, 0.1) is 23.8 Å². The highest BCUT2D eigenvalue weighted by atomic mass is 79.9. The van der Waals surface area contributed by atoms with E-state index >= 15 is 0 Å². The van der Waals surface area contributed by atoms with Gasteiger partial charge in [0.2, 0.25) is 5.91 Å². The number of nitrogens with two attached hydrogens (primary N) is 1. The van der Waals surface area contributed by atoms with Gasteiger partial charge < -0.3 is 10.1 Å². The average molecular weight is 292 g/mol. The minimum Gasteiger partial charge on any atom is -0.358 e. The van der Waals surface area contributed by atoms with Gasteiger partial charge in [0.15, 0.2) is 0 Å². The monoisotopic (exact) mass is 291 g/mol. The zero-order chi connectivity index (χ0) is 12.3. The highest BCUT2D eigenvalue weighted by molar-refractivity contribution is 9.10. The first-order valence-corrected chi connectivity index (χ1v) is 5.12. The summed E-state index contributed by atoms with van der Waals surface area (Å²) in [6.45, 7) is 1.86. The molecule has 16 heavy (non-hydrogen) atoms. The molecule has 1 unspecified atom stereocenters. The predicted octanol–water partition coefficient (Wildman–Crippen LogP) is 0.180. The number of rotatable bonds is 4. The Bertz CT molecular complexity index is 418. The molecule has 0 aromatic carbocycles. The van der Waals surface area contributed by atoms with Gasteiger partial charge in [0.25, 0.3) is 0 Å². The average Bonchev–Trinajstić information content (AvgIpc) is 2.58. The molecular formula is C7H10BrN5O3. The van der Waals surface area contributed by atoms with Gasteiger partial charge in [-0.1, -0.05) is 6.92 Å². The summed E-state index contributed by atoms with van der Waals surface area (Å²) in [5.41, 5.74) is 2.00. The summed E-state index contributed by atoms with van der Waals surface area (Å²) in [5.74, 6) is 3.91. The van der Waals surface area contributed by atoms with Crippen molar-refractivity contribution in [2.24, 2.45) is 11.8 Å². The van der Waals surface area contributed by atoms with Gasteiger partial charge in [-0.15, -0.1) is 0 Å². The molecule has 1 rings (SSSR count). The Balaban J connectivity index is 2.79. The fraction of sp³-hybridized carbons (Fsp3) is 0.429. The van der Waals surface area contributed by atoms with E-state index in [4.69, 9.17) is 5.84 Å². The van der Waals surface area contributed by atoms with E-state index in [1.165, 1.54) is 10.9 Å². The number of hydrogen-bond acceptors (Lipinski definition) is 5. The van der Waals surface area contributed by atoms with Crippen LogP contribution in [0.3, 0.4) is 0 Å². The van der Waals surface area contributed by atoms with Crippen LogP contribution in [0.1, 0.15) is 6.92 Å². The Morgan fingerprint density at radius 1 is 1.88 bits per heavy atom. The number of carbonyl (C=O) groups is 1. The topological polar surface area (TPSA) is 116 Å².